The normalized spacial score (nSPS) is 17.9. The highest BCUT2D eigenvalue weighted by molar-refractivity contribution is 7.08. The number of nitrogens with zero attached hydrogens (tertiary/aromatic N) is 1. The molecular weight excluding hydrogens is 390 g/mol. The van der Waals surface area contributed by atoms with Gasteiger partial charge in [0.15, 0.2) is 0 Å². The van der Waals surface area contributed by atoms with E-state index in [1.54, 1.807) is 18.4 Å². The van der Waals surface area contributed by atoms with Crippen molar-refractivity contribution >= 4 is 22.2 Å². The van der Waals surface area contributed by atoms with E-state index in [0.717, 1.165) is 35.5 Å². The van der Waals surface area contributed by atoms with E-state index >= 15 is 0 Å². The second kappa shape index (κ2) is 8.25. The van der Waals surface area contributed by atoms with E-state index in [9.17, 15) is 0 Å². The Labute approximate surface area is 181 Å². The van der Waals surface area contributed by atoms with Gasteiger partial charge in [0.05, 0.1) is 12.6 Å². The van der Waals surface area contributed by atoms with Gasteiger partial charge in [0, 0.05) is 46.1 Å². The minimum Gasteiger partial charge on any atom is -0.495 e. The first-order valence-corrected chi connectivity index (χ1v) is 11.6. The Hall–Kier alpha value is -2.63. The topological polar surface area (TPSA) is 49.9 Å². The fourth-order valence-corrected chi connectivity index (χ4v) is 5.40. The van der Waals surface area contributed by atoms with Crippen LogP contribution in [0.1, 0.15) is 31.4 Å². The molecule has 0 spiro atoms. The summed E-state index contributed by atoms with van der Waals surface area (Å²) >= 11 is 1.71. The van der Waals surface area contributed by atoms with Gasteiger partial charge in [-0.05, 0) is 66.4 Å². The third-order valence-corrected chi connectivity index (χ3v) is 7.11. The maximum Gasteiger partial charge on any atom is 0.142 e. The number of ether oxygens (including phenoxy) is 1. The van der Waals surface area contributed by atoms with Crippen molar-refractivity contribution in [2.24, 2.45) is 5.92 Å². The van der Waals surface area contributed by atoms with Gasteiger partial charge in [-0.2, -0.15) is 11.3 Å². The number of pyridine rings is 1. The molecule has 4 aromatic rings. The minimum absolute atomic E-state index is 0.412. The molecule has 0 aliphatic carbocycles. The zero-order valence-corrected chi connectivity index (χ0v) is 18.3. The van der Waals surface area contributed by atoms with Crippen LogP contribution in [-0.2, 0) is 0 Å². The van der Waals surface area contributed by atoms with E-state index < -0.39 is 0 Å². The Balaban J connectivity index is 1.69. The first-order chi connectivity index (χ1) is 14.8. The first kappa shape index (κ1) is 19.3. The molecule has 4 nitrogen and oxygen atoms in total. The molecule has 5 heteroatoms. The summed E-state index contributed by atoms with van der Waals surface area (Å²) in [6.45, 7) is 4.55. The number of benzene rings is 1. The molecule has 0 amide bonds. The van der Waals surface area contributed by atoms with Crippen molar-refractivity contribution in [2.45, 2.75) is 25.7 Å². The quantitative estimate of drug-likeness (QED) is 0.414. The number of para-hydroxylation sites is 1. The number of aromatic nitrogens is 2. The molecule has 2 N–H and O–H groups in total. The summed E-state index contributed by atoms with van der Waals surface area (Å²) in [4.78, 5) is 8.36. The summed E-state index contributed by atoms with van der Waals surface area (Å²) < 4.78 is 5.68. The minimum atomic E-state index is 0.412. The molecule has 0 bridgehead atoms. The van der Waals surface area contributed by atoms with E-state index in [1.165, 1.54) is 35.0 Å². The fourth-order valence-electron chi connectivity index (χ4n) is 4.74. The third-order valence-electron chi connectivity index (χ3n) is 6.42. The molecule has 1 aromatic carbocycles. The largest absolute Gasteiger partial charge is 0.495 e. The molecule has 1 aliphatic heterocycles. The van der Waals surface area contributed by atoms with Gasteiger partial charge in [-0.25, -0.2) is 0 Å². The Kier molecular flexibility index (Phi) is 5.32. The Morgan fingerprint density at radius 1 is 1.17 bits per heavy atom. The number of rotatable bonds is 5. The number of methoxy groups -OCH3 is 1. The van der Waals surface area contributed by atoms with Crippen LogP contribution in [0.2, 0.25) is 0 Å². The maximum atomic E-state index is 5.68. The third kappa shape index (κ3) is 3.42. The van der Waals surface area contributed by atoms with E-state index in [2.05, 4.69) is 57.2 Å². The van der Waals surface area contributed by atoms with Gasteiger partial charge in [-0.15, -0.1) is 0 Å². The van der Waals surface area contributed by atoms with Crippen LogP contribution in [0.4, 0.5) is 0 Å². The van der Waals surface area contributed by atoms with Gasteiger partial charge < -0.3 is 15.0 Å². The van der Waals surface area contributed by atoms with E-state index in [4.69, 9.17) is 4.74 Å². The highest BCUT2D eigenvalue weighted by atomic mass is 32.1. The molecule has 1 fully saturated rings. The molecule has 0 saturated carbocycles. The number of hydrogen-bond acceptors (Lipinski definition) is 4. The van der Waals surface area contributed by atoms with E-state index in [-0.39, 0.29) is 0 Å². The van der Waals surface area contributed by atoms with Gasteiger partial charge in [0.2, 0.25) is 0 Å². The standard InChI is InChI=1S/C25H27N3OS/c1-16(17-5-4-9-26-12-17)24-23(21-6-3-7-22(29-2)25(21)28-24)20-11-19(13-27-14-20)18-8-10-30-15-18/h3,6-8,10-11,13-17,26,28H,4-5,9,12H2,1-2H3. The number of piperidine rings is 1. The number of thiophene rings is 1. The molecule has 5 rings (SSSR count). The molecule has 1 aliphatic rings. The summed E-state index contributed by atoms with van der Waals surface area (Å²) in [6, 6.07) is 10.7. The van der Waals surface area contributed by atoms with Crippen molar-refractivity contribution in [3.05, 3.63) is 59.2 Å². The van der Waals surface area contributed by atoms with Crippen LogP contribution in [0.3, 0.4) is 0 Å². The smallest absolute Gasteiger partial charge is 0.142 e. The number of aromatic amines is 1. The Morgan fingerprint density at radius 2 is 2.07 bits per heavy atom. The van der Waals surface area contributed by atoms with Crippen LogP contribution in [0.5, 0.6) is 5.75 Å². The second-order valence-corrected chi connectivity index (χ2v) is 8.95. The van der Waals surface area contributed by atoms with Crippen molar-refractivity contribution in [1.82, 2.24) is 15.3 Å². The fraction of sp³-hybridized carbons (Fsp3) is 0.320. The number of nitrogens with one attached hydrogen (secondary N) is 2. The molecule has 0 radical (unpaired) electrons. The Bertz CT molecular complexity index is 1140. The lowest BCUT2D eigenvalue weighted by atomic mass is 9.83. The SMILES string of the molecule is COc1cccc2c(-c3cncc(-c4ccsc4)c3)c(C(C)C3CCCNC3)[nH]c12. The molecule has 154 valence electrons. The van der Waals surface area contributed by atoms with Crippen molar-refractivity contribution in [3.63, 3.8) is 0 Å². The monoisotopic (exact) mass is 417 g/mol. The highest BCUT2D eigenvalue weighted by Crippen LogP contribution is 2.42. The van der Waals surface area contributed by atoms with Gasteiger partial charge in [-0.3, -0.25) is 4.98 Å². The predicted octanol–water partition coefficient (Wildman–Crippen LogP) is 6.07. The van der Waals surface area contributed by atoms with E-state index in [0.29, 0.717) is 11.8 Å². The number of fused-ring (bicyclic) bond motifs is 1. The van der Waals surface area contributed by atoms with Crippen LogP contribution in [0, 0.1) is 5.92 Å². The molecule has 2 unspecified atom stereocenters. The lowest BCUT2D eigenvalue weighted by Gasteiger charge is -2.28. The molecule has 3 aromatic heterocycles. The van der Waals surface area contributed by atoms with Crippen LogP contribution in [0.25, 0.3) is 33.2 Å². The van der Waals surface area contributed by atoms with Crippen LogP contribution < -0.4 is 10.1 Å². The molecule has 4 heterocycles. The van der Waals surface area contributed by atoms with Crippen LogP contribution >= 0.6 is 11.3 Å². The van der Waals surface area contributed by atoms with Crippen molar-refractivity contribution in [2.75, 3.05) is 20.2 Å². The van der Waals surface area contributed by atoms with Crippen LogP contribution in [0.15, 0.2) is 53.5 Å². The molecule has 30 heavy (non-hydrogen) atoms. The van der Waals surface area contributed by atoms with Crippen molar-refractivity contribution in [1.29, 1.82) is 0 Å². The lowest BCUT2D eigenvalue weighted by molar-refractivity contribution is 0.332. The summed E-state index contributed by atoms with van der Waals surface area (Å²) in [7, 11) is 1.74. The number of hydrogen-bond donors (Lipinski definition) is 2. The molecule has 1 saturated heterocycles. The zero-order chi connectivity index (χ0) is 20.5. The van der Waals surface area contributed by atoms with E-state index in [1.807, 2.05) is 18.5 Å². The van der Waals surface area contributed by atoms with Crippen LogP contribution in [-0.4, -0.2) is 30.2 Å². The maximum absolute atomic E-state index is 5.68. The zero-order valence-electron chi connectivity index (χ0n) is 17.4. The summed E-state index contributed by atoms with van der Waals surface area (Å²) in [5.41, 5.74) is 7.14. The summed E-state index contributed by atoms with van der Waals surface area (Å²) in [5.74, 6) is 1.91. The Morgan fingerprint density at radius 3 is 2.83 bits per heavy atom. The second-order valence-electron chi connectivity index (χ2n) is 8.17. The summed E-state index contributed by atoms with van der Waals surface area (Å²) in [5, 5.41) is 9.07. The van der Waals surface area contributed by atoms with Gasteiger partial charge in [0.1, 0.15) is 5.75 Å². The lowest BCUT2D eigenvalue weighted by Crippen LogP contribution is -2.32. The highest BCUT2D eigenvalue weighted by Gasteiger charge is 2.27. The average Bonchev–Trinajstić information content (AvgIpc) is 3.47. The van der Waals surface area contributed by atoms with Gasteiger partial charge in [-0.1, -0.05) is 19.1 Å². The molecular formula is C25H27N3OS. The molecule has 2 atom stereocenters. The summed E-state index contributed by atoms with van der Waals surface area (Å²) in [6.07, 6.45) is 6.44. The predicted molar refractivity (Wildman–Crippen MR) is 125 cm³/mol. The first-order valence-electron chi connectivity index (χ1n) is 10.6. The van der Waals surface area contributed by atoms with Gasteiger partial charge >= 0.3 is 0 Å². The van der Waals surface area contributed by atoms with Gasteiger partial charge in [0.25, 0.3) is 0 Å². The van der Waals surface area contributed by atoms with Crippen molar-refractivity contribution < 1.29 is 4.74 Å². The van der Waals surface area contributed by atoms with Crippen molar-refractivity contribution in [3.8, 4) is 28.0 Å². The average molecular weight is 418 g/mol. The number of H-pyrrole nitrogens is 1.